The zero-order valence-corrected chi connectivity index (χ0v) is 25.9. The number of hydrogen-bond donors (Lipinski definition) is 2. The van der Waals surface area contributed by atoms with Crippen LogP contribution in [0.3, 0.4) is 0 Å². The summed E-state index contributed by atoms with van der Waals surface area (Å²) in [4.78, 5) is 44.5. The first-order chi connectivity index (χ1) is 19.6. The zero-order chi connectivity index (χ0) is 30.2. The van der Waals surface area contributed by atoms with Gasteiger partial charge < -0.3 is 25.2 Å². The summed E-state index contributed by atoms with van der Waals surface area (Å²) in [6.07, 6.45) is 4.66. The lowest BCUT2D eigenvalue weighted by Crippen LogP contribution is -2.62. The van der Waals surface area contributed by atoms with Crippen molar-refractivity contribution in [1.29, 1.82) is 0 Å². The van der Waals surface area contributed by atoms with Crippen LogP contribution in [0.5, 0.6) is 0 Å². The second-order valence-corrected chi connectivity index (χ2v) is 12.1. The first kappa shape index (κ1) is 32.8. The van der Waals surface area contributed by atoms with Gasteiger partial charge in [-0.15, -0.1) is 0 Å². The molecule has 8 nitrogen and oxygen atoms in total. The first-order valence-electron chi connectivity index (χ1n) is 15.6. The summed E-state index contributed by atoms with van der Waals surface area (Å²) in [5.74, 6) is -0.516. The number of carbonyl (C=O) groups excluding carboxylic acids is 3. The molecular formula is C32H51FN4O4. The standard InChI is InChI=1S/C32H51FN4O4/c1-7-24(8-2)32(30(39)41-22(5)6)15-17-36(18-16-32)29(38)28(19-23-11-13-25(33)14-12-23)35-31(40)37-20-26(9-3)34-27(10-4)21-37/h11-14,22,24,26-28,34H,7-10,15-21H2,1-6H3,(H,35,40)/t26?,27?,28-/m1/s1. The fourth-order valence-corrected chi connectivity index (χ4v) is 6.53. The number of ether oxygens (including phenoxy) is 1. The Hall–Kier alpha value is -2.68. The van der Waals surface area contributed by atoms with Gasteiger partial charge in [-0.1, -0.05) is 52.7 Å². The Kier molecular flexibility index (Phi) is 12.0. The van der Waals surface area contributed by atoms with E-state index in [2.05, 4.69) is 38.3 Å². The number of esters is 1. The van der Waals surface area contributed by atoms with Gasteiger partial charge in [0.2, 0.25) is 5.91 Å². The normalized spacial score (nSPS) is 21.6. The van der Waals surface area contributed by atoms with E-state index in [-0.39, 0.29) is 54.3 Å². The molecule has 0 saturated carbocycles. The third-order valence-corrected chi connectivity index (χ3v) is 9.06. The molecule has 2 aliphatic heterocycles. The number of amides is 3. The molecule has 0 aliphatic carbocycles. The van der Waals surface area contributed by atoms with Gasteiger partial charge in [-0.2, -0.15) is 0 Å². The van der Waals surface area contributed by atoms with Crippen molar-refractivity contribution in [2.75, 3.05) is 26.2 Å². The smallest absolute Gasteiger partial charge is 0.318 e. The van der Waals surface area contributed by atoms with Gasteiger partial charge >= 0.3 is 12.0 Å². The molecule has 3 amide bonds. The minimum atomic E-state index is -0.800. The monoisotopic (exact) mass is 574 g/mol. The third-order valence-electron chi connectivity index (χ3n) is 9.06. The molecule has 1 aromatic rings. The van der Waals surface area contributed by atoms with Gasteiger partial charge in [-0.25, -0.2) is 9.18 Å². The van der Waals surface area contributed by atoms with Crippen LogP contribution in [0.2, 0.25) is 0 Å². The highest BCUT2D eigenvalue weighted by molar-refractivity contribution is 5.88. The average molecular weight is 575 g/mol. The molecule has 0 radical (unpaired) electrons. The van der Waals surface area contributed by atoms with Crippen LogP contribution in [0.25, 0.3) is 0 Å². The molecule has 3 rings (SSSR count). The quantitative estimate of drug-likeness (QED) is 0.367. The van der Waals surface area contributed by atoms with Gasteiger partial charge in [-0.3, -0.25) is 9.59 Å². The number of likely N-dealkylation sites (tertiary alicyclic amines) is 1. The van der Waals surface area contributed by atoms with E-state index < -0.39 is 11.5 Å². The number of nitrogens with one attached hydrogen (secondary N) is 2. The van der Waals surface area contributed by atoms with Crippen LogP contribution in [0.15, 0.2) is 24.3 Å². The van der Waals surface area contributed by atoms with Crippen molar-refractivity contribution in [3.05, 3.63) is 35.6 Å². The molecule has 1 aromatic carbocycles. The number of piperidine rings is 1. The Morgan fingerprint density at radius 1 is 0.976 bits per heavy atom. The molecule has 3 atom stereocenters. The number of piperazine rings is 1. The van der Waals surface area contributed by atoms with Crippen molar-refractivity contribution in [3.63, 3.8) is 0 Å². The van der Waals surface area contributed by atoms with Gasteiger partial charge in [0.15, 0.2) is 0 Å². The third kappa shape index (κ3) is 8.21. The zero-order valence-electron chi connectivity index (χ0n) is 25.9. The summed E-state index contributed by atoms with van der Waals surface area (Å²) in [6.45, 7) is 14.1. The van der Waals surface area contributed by atoms with E-state index in [0.29, 0.717) is 39.0 Å². The molecule has 2 saturated heterocycles. The lowest BCUT2D eigenvalue weighted by Gasteiger charge is -2.45. The number of nitrogens with zero attached hydrogens (tertiary/aromatic N) is 2. The van der Waals surface area contributed by atoms with Gasteiger partial charge in [0, 0.05) is 44.7 Å². The Morgan fingerprint density at radius 3 is 2.02 bits per heavy atom. The second kappa shape index (κ2) is 15.0. The molecule has 2 N–H and O–H groups in total. The summed E-state index contributed by atoms with van der Waals surface area (Å²) in [5.41, 5.74) is 0.151. The van der Waals surface area contributed by atoms with Crippen LogP contribution < -0.4 is 10.6 Å². The highest BCUT2D eigenvalue weighted by atomic mass is 19.1. The molecule has 2 unspecified atom stereocenters. The Labute approximate surface area is 245 Å². The maximum atomic E-state index is 14.0. The summed E-state index contributed by atoms with van der Waals surface area (Å²) in [7, 11) is 0. The van der Waals surface area contributed by atoms with Crippen LogP contribution >= 0.6 is 0 Å². The van der Waals surface area contributed by atoms with Crippen molar-refractivity contribution < 1.29 is 23.5 Å². The highest BCUT2D eigenvalue weighted by Gasteiger charge is 2.48. The molecule has 230 valence electrons. The highest BCUT2D eigenvalue weighted by Crippen LogP contribution is 2.44. The maximum absolute atomic E-state index is 14.0. The molecule has 0 bridgehead atoms. The molecule has 2 fully saturated rings. The van der Waals surface area contributed by atoms with E-state index in [4.69, 9.17) is 4.74 Å². The van der Waals surface area contributed by atoms with Crippen LogP contribution in [-0.4, -0.2) is 78.1 Å². The predicted octanol–water partition coefficient (Wildman–Crippen LogP) is 4.91. The topological polar surface area (TPSA) is 91.0 Å². The number of urea groups is 1. The molecule has 0 spiro atoms. The number of carbonyl (C=O) groups is 3. The Bertz CT molecular complexity index is 993. The first-order valence-corrected chi connectivity index (χ1v) is 15.6. The molecule has 9 heteroatoms. The van der Waals surface area contributed by atoms with Gasteiger partial charge in [0.25, 0.3) is 0 Å². The van der Waals surface area contributed by atoms with Gasteiger partial charge in [0.1, 0.15) is 11.9 Å². The number of benzene rings is 1. The van der Waals surface area contributed by atoms with Gasteiger partial charge in [-0.05, 0) is 63.1 Å². The van der Waals surface area contributed by atoms with E-state index in [1.165, 1.54) is 12.1 Å². The second-order valence-electron chi connectivity index (χ2n) is 12.1. The van der Waals surface area contributed by atoms with Crippen molar-refractivity contribution in [2.24, 2.45) is 11.3 Å². The van der Waals surface area contributed by atoms with E-state index in [0.717, 1.165) is 31.2 Å². The minimum Gasteiger partial charge on any atom is -0.463 e. The number of hydrogen-bond acceptors (Lipinski definition) is 5. The largest absolute Gasteiger partial charge is 0.463 e. The predicted molar refractivity (Wildman–Crippen MR) is 159 cm³/mol. The lowest BCUT2D eigenvalue weighted by atomic mass is 9.66. The summed E-state index contributed by atoms with van der Waals surface area (Å²) in [5, 5.41) is 6.62. The van der Waals surface area contributed by atoms with Crippen molar-refractivity contribution in [1.82, 2.24) is 20.4 Å². The Morgan fingerprint density at radius 2 is 1.54 bits per heavy atom. The van der Waals surface area contributed by atoms with Crippen LogP contribution in [-0.2, 0) is 20.7 Å². The van der Waals surface area contributed by atoms with Crippen molar-refractivity contribution in [2.45, 2.75) is 111 Å². The number of halogens is 1. The van der Waals surface area contributed by atoms with Gasteiger partial charge in [0.05, 0.1) is 11.5 Å². The molecule has 41 heavy (non-hydrogen) atoms. The SMILES string of the molecule is CCC1CN(C(=O)N[C@H](Cc2ccc(F)cc2)C(=O)N2CCC(C(=O)OC(C)C)(C(CC)CC)CC2)CC(CC)N1. The van der Waals surface area contributed by atoms with E-state index >= 15 is 0 Å². The fraction of sp³-hybridized carbons (Fsp3) is 0.719. The summed E-state index contributed by atoms with van der Waals surface area (Å²) in [6, 6.07) is 5.41. The molecule has 0 aromatic heterocycles. The molecule has 2 aliphatic rings. The van der Waals surface area contributed by atoms with E-state index in [9.17, 15) is 18.8 Å². The van der Waals surface area contributed by atoms with Crippen LogP contribution in [0.4, 0.5) is 9.18 Å². The summed E-state index contributed by atoms with van der Waals surface area (Å²) >= 11 is 0. The lowest BCUT2D eigenvalue weighted by molar-refractivity contribution is -0.169. The fourth-order valence-electron chi connectivity index (χ4n) is 6.53. The van der Waals surface area contributed by atoms with Crippen LogP contribution in [0, 0.1) is 17.2 Å². The average Bonchev–Trinajstić information content (AvgIpc) is 2.97. The summed E-state index contributed by atoms with van der Waals surface area (Å²) < 4.78 is 19.3. The van der Waals surface area contributed by atoms with Crippen molar-refractivity contribution in [3.8, 4) is 0 Å². The van der Waals surface area contributed by atoms with E-state index in [1.54, 1.807) is 21.9 Å². The molecule has 2 heterocycles. The van der Waals surface area contributed by atoms with E-state index in [1.807, 2.05) is 13.8 Å². The minimum absolute atomic E-state index is 0.167. The Balaban J connectivity index is 1.79. The maximum Gasteiger partial charge on any atom is 0.318 e. The number of rotatable bonds is 11. The molecular weight excluding hydrogens is 523 g/mol. The van der Waals surface area contributed by atoms with Crippen molar-refractivity contribution >= 4 is 17.9 Å². The van der Waals surface area contributed by atoms with Crippen LogP contribution in [0.1, 0.15) is 85.6 Å².